The molecule has 90 valence electrons. The van der Waals surface area contributed by atoms with E-state index in [1.165, 1.54) is 24.1 Å². The molecule has 0 aromatic carbocycles. The van der Waals surface area contributed by atoms with E-state index >= 15 is 0 Å². The minimum absolute atomic E-state index is 0.176. The topological polar surface area (TPSA) is 21.3 Å². The summed E-state index contributed by atoms with van der Waals surface area (Å²) in [5.74, 6) is 0.806. The standard InChI is InChI=1S/C13H21NOS/c1-13(10-15-2)9-11(5-6-14-13)8-12-4-3-7-16-12/h3-4,7,11,14H,5-6,8-10H2,1-2H3. The second kappa shape index (κ2) is 5.30. The number of nitrogens with one attached hydrogen (secondary N) is 1. The molecule has 1 N–H and O–H groups in total. The number of rotatable bonds is 4. The third-order valence-corrected chi connectivity index (χ3v) is 4.28. The van der Waals surface area contributed by atoms with Gasteiger partial charge in [0.25, 0.3) is 0 Å². The van der Waals surface area contributed by atoms with Gasteiger partial charge in [-0.15, -0.1) is 11.3 Å². The van der Waals surface area contributed by atoms with Gasteiger partial charge in [-0.2, -0.15) is 0 Å². The minimum Gasteiger partial charge on any atom is -0.383 e. The van der Waals surface area contributed by atoms with Crippen molar-refractivity contribution < 1.29 is 4.74 Å². The van der Waals surface area contributed by atoms with Crippen LogP contribution in [0.3, 0.4) is 0 Å². The van der Waals surface area contributed by atoms with Crippen LogP contribution in [-0.4, -0.2) is 25.8 Å². The fraction of sp³-hybridized carbons (Fsp3) is 0.692. The molecular weight excluding hydrogens is 218 g/mol. The predicted octanol–water partition coefficient (Wildman–Crippen LogP) is 2.70. The van der Waals surface area contributed by atoms with Crippen LogP contribution in [-0.2, 0) is 11.2 Å². The summed E-state index contributed by atoms with van der Waals surface area (Å²) < 4.78 is 5.31. The lowest BCUT2D eigenvalue weighted by atomic mass is 9.82. The van der Waals surface area contributed by atoms with E-state index < -0.39 is 0 Å². The largest absolute Gasteiger partial charge is 0.383 e. The van der Waals surface area contributed by atoms with Gasteiger partial charge >= 0.3 is 0 Å². The Morgan fingerprint density at radius 3 is 3.19 bits per heavy atom. The summed E-state index contributed by atoms with van der Waals surface area (Å²) in [4.78, 5) is 1.52. The summed E-state index contributed by atoms with van der Waals surface area (Å²) in [5, 5.41) is 5.76. The van der Waals surface area contributed by atoms with Crippen molar-refractivity contribution >= 4 is 11.3 Å². The van der Waals surface area contributed by atoms with E-state index in [9.17, 15) is 0 Å². The van der Waals surface area contributed by atoms with E-state index in [4.69, 9.17) is 4.74 Å². The number of methoxy groups -OCH3 is 1. The Morgan fingerprint density at radius 2 is 2.50 bits per heavy atom. The normalized spacial score (nSPS) is 30.5. The van der Waals surface area contributed by atoms with Crippen LogP contribution in [0.15, 0.2) is 17.5 Å². The van der Waals surface area contributed by atoms with Crippen LogP contribution in [0.2, 0.25) is 0 Å². The number of ether oxygens (including phenoxy) is 1. The predicted molar refractivity (Wildman–Crippen MR) is 69.0 cm³/mol. The second-order valence-electron chi connectivity index (χ2n) is 5.06. The van der Waals surface area contributed by atoms with E-state index in [1.807, 2.05) is 11.3 Å². The molecule has 1 aliphatic rings. The molecule has 16 heavy (non-hydrogen) atoms. The lowest BCUT2D eigenvalue weighted by Gasteiger charge is -2.38. The van der Waals surface area contributed by atoms with Crippen LogP contribution >= 0.6 is 11.3 Å². The monoisotopic (exact) mass is 239 g/mol. The first-order valence-corrected chi connectivity index (χ1v) is 6.86. The van der Waals surface area contributed by atoms with Gasteiger partial charge in [0.15, 0.2) is 0 Å². The molecule has 0 radical (unpaired) electrons. The second-order valence-corrected chi connectivity index (χ2v) is 6.10. The summed E-state index contributed by atoms with van der Waals surface area (Å²) in [6.07, 6.45) is 3.74. The highest BCUT2D eigenvalue weighted by Crippen LogP contribution is 2.28. The first-order valence-electron chi connectivity index (χ1n) is 5.98. The maximum absolute atomic E-state index is 5.31. The first-order chi connectivity index (χ1) is 7.72. The molecule has 3 heteroatoms. The maximum Gasteiger partial charge on any atom is 0.0641 e. The van der Waals surface area contributed by atoms with E-state index in [0.717, 1.165) is 19.1 Å². The van der Waals surface area contributed by atoms with Crippen molar-refractivity contribution in [1.29, 1.82) is 0 Å². The zero-order valence-electron chi connectivity index (χ0n) is 10.2. The number of thiophene rings is 1. The molecule has 2 heterocycles. The van der Waals surface area contributed by atoms with Crippen molar-refractivity contribution in [2.24, 2.45) is 5.92 Å². The lowest BCUT2D eigenvalue weighted by Crippen LogP contribution is -2.52. The number of piperidine rings is 1. The lowest BCUT2D eigenvalue weighted by molar-refractivity contribution is 0.0832. The Morgan fingerprint density at radius 1 is 1.62 bits per heavy atom. The molecule has 1 aliphatic heterocycles. The molecule has 1 saturated heterocycles. The molecule has 2 atom stereocenters. The molecule has 0 bridgehead atoms. The Bertz CT molecular complexity index is 308. The van der Waals surface area contributed by atoms with Gasteiger partial charge in [-0.1, -0.05) is 6.07 Å². The summed E-state index contributed by atoms with van der Waals surface area (Å²) in [6.45, 7) is 4.21. The molecule has 1 aromatic rings. The van der Waals surface area contributed by atoms with E-state index in [1.54, 1.807) is 7.11 Å². The molecule has 2 unspecified atom stereocenters. The molecule has 2 rings (SSSR count). The summed E-state index contributed by atoms with van der Waals surface area (Å²) in [5.41, 5.74) is 0.176. The van der Waals surface area contributed by atoms with Crippen molar-refractivity contribution in [3.63, 3.8) is 0 Å². The Labute approximate surface area is 102 Å². The van der Waals surface area contributed by atoms with Crippen molar-refractivity contribution in [1.82, 2.24) is 5.32 Å². The van der Waals surface area contributed by atoms with Gasteiger partial charge in [0.05, 0.1) is 6.61 Å². The average Bonchev–Trinajstić information content (AvgIpc) is 2.70. The van der Waals surface area contributed by atoms with Gasteiger partial charge in [0.1, 0.15) is 0 Å². The minimum atomic E-state index is 0.176. The van der Waals surface area contributed by atoms with Gasteiger partial charge in [-0.3, -0.25) is 0 Å². The Kier molecular flexibility index (Phi) is 4.00. The molecule has 0 saturated carbocycles. The summed E-state index contributed by atoms with van der Waals surface area (Å²) in [7, 11) is 1.79. The van der Waals surface area contributed by atoms with Crippen LogP contribution in [0.1, 0.15) is 24.6 Å². The van der Waals surface area contributed by atoms with E-state index in [-0.39, 0.29) is 5.54 Å². The number of hydrogen-bond donors (Lipinski definition) is 1. The molecule has 1 aromatic heterocycles. The maximum atomic E-state index is 5.31. The Balaban J connectivity index is 1.91. The Hall–Kier alpha value is -0.380. The van der Waals surface area contributed by atoms with Crippen LogP contribution < -0.4 is 5.32 Å². The van der Waals surface area contributed by atoms with Crippen molar-refractivity contribution in [3.05, 3.63) is 22.4 Å². The van der Waals surface area contributed by atoms with Gasteiger partial charge < -0.3 is 10.1 Å². The quantitative estimate of drug-likeness (QED) is 0.872. The van der Waals surface area contributed by atoms with Crippen molar-refractivity contribution in [3.8, 4) is 0 Å². The fourth-order valence-electron chi connectivity index (χ4n) is 2.71. The molecular formula is C13H21NOS. The molecule has 1 fully saturated rings. The van der Waals surface area contributed by atoms with Crippen LogP contribution in [0.4, 0.5) is 0 Å². The van der Waals surface area contributed by atoms with Crippen molar-refractivity contribution in [2.45, 2.75) is 31.7 Å². The van der Waals surface area contributed by atoms with E-state index in [2.05, 4.69) is 29.8 Å². The third-order valence-electron chi connectivity index (χ3n) is 3.38. The van der Waals surface area contributed by atoms with Gasteiger partial charge in [-0.05, 0) is 50.1 Å². The highest BCUT2D eigenvalue weighted by Gasteiger charge is 2.31. The number of hydrogen-bond acceptors (Lipinski definition) is 3. The molecule has 2 nitrogen and oxygen atoms in total. The van der Waals surface area contributed by atoms with Gasteiger partial charge in [0.2, 0.25) is 0 Å². The highest BCUT2D eigenvalue weighted by molar-refractivity contribution is 7.09. The summed E-state index contributed by atoms with van der Waals surface area (Å²) in [6, 6.07) is 4.40. The zero-order valence-corrected chi connectivity index (χ0v) is 11.0. The SMILES string of the molecule is COCC1(C)CC(Cc2cccs2)CCN1. The average molecular weight is 239 g/mol. The van der Waals surface area contributed by atoms with Crippen LogP contribution in [0, 0.1) is 5.92 Å². The van der Waals surface area contributed by atoms with Gasteiger partial charge in [-0.25, -0.2) is 0 Å². The fourth-order valence-corrected chi connectivity index (χ4v) is 3.53. The van der Waals surface area contributed by atoms with Crippen molar-refractivity contribution in [2.75, 3.05) is 20.3 Å². The first kappa shape index (κ1) is 12.1. The highest BCUT2D eigenvalue weighted by atomic mass is 32.1. The van der Waals surface area contributed by atoms with Crippen LogP contribution in [0.5, 0.6) is 0 Å². The van der Waals surface area contributed by atoms with Crippen LogP contribution in [0.25, 0.3) is 0 Å². The smallest absolute Gasteiger partial charge is 0.0641 e. The summed E-state index contributed by atoms with van der Waals surface area (Å²) >= 11 is 1.88. The van der Waals surface area contributed by atoms with Gasteiger partial charge in [0, 0.05) is 17.5 Å². The molecule has 0 amide bonds. The zero-order chi connectivity index (χ0) is 11.4. The molecule has 0 spiro atoms. The van der Waals surface area contributed by atoms with E-state index in [0.29, 0.717) is 0 Å². The molecule has 0 aliphatic carbocycles. The third kappa shape index (κ3) is 3.06.